The number of aliphatic imine (C=N–C) groups is 1. The zero-order chi connectivity index (χ0) is 16.4. The molecule has 2 aliphatic heterocycles. The molecule has 23 heavy (non-hydrogen) atoms. The molecule has 1 aromatic carbocycles. The van der Waals surface area contributed by atoms with Crippen molar-refractivity contribution in [1.29, 1.82) is 0 Å². The van der Waals surface area contributed by atoms with Gasteiger partial charge in [0.1, 0.15) is 11.4 Å². The molecule has 3 rings (SSSR count). The molecule has 0 aromatic heterocycles. The first-order chi connectivity index (χ1) is 11.1. The monoisotopic (exact) mass is 334 g/mol. The van der Waals surface area contributed by atoms with Crippen molar-refractivity contribution in [1.82, 2.24) is 4.90 Å². The molecule has 0 atom stereocenters. The number of hydrogen-bond donors (Lipinski definition) is 1. The predicted octanol–water partition coefficient (Wildman–Crippen LogP) is 2.19. The molecular weight excluding hydrogens is 320 g/mol. The number of nitro benzene ring substituents is 1. The number of carbonyl (C=O) groups is 1. The molecule has 0 bridgehead atoms. The van der Waals surface area contributed by atoms with Crippen LogP contribution in [0.3, 0.4) is 0 Å². The Morgan fingerprint density at radius 1 is 1.57 bits per heavy atom. The summed E-state index contributed by atoms with van der Waals surface area (Å²) in [6.07, 6.45) is 0.148. The first kappa shape index (κ1) is 15.3. The summed E-state index contributed by atoms with van der Waals surface area (Å²) in [5.41, 5.74) is 0.818. The van der Waals surface area contributed by atoms with Gasteiger partial charge in [-0.3, -0.25) is 19.9 Å². The van der Waals surface area contributed by atoms with E-state index in [0.29, 0.717) is 5.75 Å². The van der Waals surface area contributed by atoms with Crippen LogP contribution in [0.15, 0.2) is 34.3 Å². The lowest BCUT2D eigenvalue weighted by atomic mass is 10.2. The predicted molar refractivity (Wildman–Crippen MR) is 87.6 cm³/mol. The fraction of sp³-hybridized carbons (Fsp3) is 0.286. The normalized spacial score (nSPS) is 15.8. The van der Waals surface area contributed by atoms with E-state index in [0.717, 1.165) is 24.0 Å². The summed E-state index contributed by atoms with van der Waals surface area (Å²) in [4.78, 5) is 29.1. The van der Waals surface area contributed by atoms with E-state index in [4.69, 9.17) is 4.74 Å². The number of ether oxygens (including phenoxy) is 1. The van der Waals surface area contributed by atoms with Crippen molar-refractivity contribution in [3.8, 4) is 5.75 Å². The Kier molecular flexibility index (Phi) is 4.20. The standard InChI is InChI=1S/C14H14N4O4S/c1-22-10-2-3-11(12(7-10)18(20)21)16-13(19)6-9-8-23-14-15-4-5-17(9)14/h2-3,7-8H,4-6H2,1H3,(H,16,19). The zero-order valence-corrected chi connectivity index (χ0v) is 13.1. The third-order valence-electron chi connectivity index (χ3n) is 3.47. The molecule has 2 heterocycles. The molecule has 0 radical (unpaired) electrons. The van der Waals surface area contributed by atoms with Gasteiger partial charge in [-0.25, -0.2) is 0 Å². The Labute approximate surface area is 136 Å². The van der Waals surface area contributed by atoms with Gasteiger partial charge in [-0.2, -0.15) is 0 Å². The summed E-state index contributed by atoms with van der Waals surface area (Å²) in [7, 11) is 1.43. The smallest absolute Gasteiger partial charge is 0.296 e. The van der Waals surface area contributed by atoms with Gasteiger partial charge in [0, 0.05) is 12.2 Å². The molecule has 0 saturated carbocycles. The van der Waals surface area contributed by atoms with Gasteiger partial charge in [0.05, 0.1) is 31.1 Å². The Morgan fingerprint density at radius 2 is 2.39 bits per heavy atom. The molecule has 8 nitrogen and oxygen atoms in total. The van der Waals surface area contributed by atoms with Crippen LogP contribution in [0.1, 0.15) is 6.42 Å². The second-order valence-electron chi connectivity index (χ2n) is 4.91. The average Bonchev–Trinajstić information content (AvgIpc) is 3.12. The number of nitrogens with one attached hydrogen (secondary N) is 1. The molecule has 0 unspecified atom stereocenters. The van der Waals surface area contributed by atoms with Gasteiger partial charge < -0.3 is 15.0 Å². The first-order valence-electron chi connectivity index (χ1n) is 6.88. The highest BCUT2D eigenvalue weighted by Crippen LogP contribution is 2.32. The van der Waals surface area contributed by atoms with Crippen LogP contribution in [-0.4, -0.2) is 41.1 Å². The zero-order valence-electron chi connectivity index (χ0n) is 12.3. The van der Waals surface area contributed by atoms with E-state index in [1.165, 1.54) is 31.0 Å². The van der Waals surface area contributed by atoms with Crippen LogP contribution >= 0.6 is 11.8 Å². The molecule has 0 fully saturated rings. The van der Waals surface area contributed by atoms with Gasteiger partial charge in [-0.15, -0.1) is 0 Å². The van der Waals surface area contributed by atoms with Crippen LogP contribution in [-0.2, 0) is 4.79 Å². The highest BCUT2D eigenvalue weighted by Gasteiger charge is 2.28. The van der Waals surface area contributed by atoms with Crippen LogP contribution < -0.4 is 10.1 Å². The van der Waals surface area contributed by atoms with Crippen LogP contribution in [0, 0.1) is 10.1 Å². The van der Waals surface area contributed by atoms with E-state index in [1.54, 1.807) is 6.07 Å². The van der Waals surface area contributed by atoms with Crippen molar-refractivity contribution in [2.45, 2.75) is 6.42 Å². The fourth-order valence-corrected chi connectivity index (χ4v) is 3.32. The van der Waals surface area contributed by atoms with Crippen molar-refractivity contribution < 1.29 is 14.5 Å². The summed E-state index contributed by atoms with van der Waals surface area (Å²) in [5.74, 6) is 0.0563. The Morgan fingerprint density at radius 3 is 3.13 bits per heavy atom. The quantitative estimate of drug-likeness (QED) is 0.655. The highest BCUT2D eigenvalue weighted by molar-refractivity contribution is 8.16. The average molecular weight is 334 g/mol. The molecule has 1 aromatic rings. The number of benzene rings is 1. The van der Waals surface area contributed by atoms with Crippen molar-refractivity contribution in [2.75, 3.05) is 25.5 Å². The van der Waals surface area contributed by atoms with E-state index in [2.05, 4.69) is 10.3 Å². The SMILES string of the molecule is COc1ccc(NC(=O)CC2=CSC3=NCCN23)c([N+](=O)[O-])c1. The topological polar surface area (TPSA) is 97.1 Å². The molecule has 2 aliphatic rings. The summed E-state index contributed by atoms with van der Waals surface area (Å²) >= 11 is 1.49. The van der Waals surface area contributed by atoms with Gasteiger partial charge in [0.25, 0.3) is 5.69 Å². The number of carbonyl (C=O) groups excluding carboxylic acids is 1. The number of hydrogen-bond acceptors (Lipinski definition) is 7. The van der Waals surface area contributed by atoms with E-state index in [9.17, 15) is 14.9 Å². The highest BCUT2D eigenvalue weighted by atomic mass is 32.2. The minimum Gasteiger partial charge on any atom is -0.496 e. The maximum atomic E-state index is 12.2. The number of nitro groups is 1. The number of nitrogens with zero attached hydrogens (tertiary/aromatic N) is 3. The van der Waals surface area contributed by atoms with Crippen LogP contribution in [0.4, 0.5) is 11.4 Å². The summed E-state index contributed by atoms with van der Waals surface area (Å²) in [6.45, 7) is 1.50. The van der Waals surface area contributed by atoms with Crippen molar-refractivity contribution in [3.63, 3.8) is 0 Å². The summed E-state index contributed by atoms with van der Waals surface area (Å²) in [5, 5.41) is 16.5. The first-order valence-corrected chi connectivity index (χ1v) is 7.76. The van der Waals surface area contributed by atoms with E-state index < -0.39 is 4.92 Å². The second kappa shape index (κ2) is 6.29. The maximum absolute atomic E-state index is 12.2. The molecule has 0 spiro atoms. The molecule has 9 heteroatoms. The largest absolute Gasteiger partial charge is 0.496 e. The molecule has 0 saturated heterocycles. The third kappa shape index (κ3) is 3.14. The van der Waals surface area contributed by atoms with Crippen LogP contribution in [0.2, 0.25) is 0 Å². The maximum Gasteiger partial charge on any atom is 0.296 e. The minimum absolute atomic E-state index is 0.148. The molecule has 0 aliphatic carbocycles. The van der Waals surface area contributed by atoms with Gasteiger partial charge in [0.15, 0.2) is 5.17 Å². The minimum atomic E-state index is -0.548. The summed E-state index contributed by atoms with van der Waals surface area (Å²) < 4.78 is 4.97. The van der Waals surface area contributed by atoms with Gasteiger partial charge in [-0.05, 0) is 17.5 Å². The van der Waals surface area contributed by atoms with Gasteiger partial charge in [-0.1, -0.05) is 11.8 Å². The number of methoxy groups -OCH3 is 1. The Balaban J connectivity index is 1.71. The Bertz CT molecular complexity index is 731. The van der Waals surface area contributed by atoms with E-state index >= 15 is 0 Å². The van der Waals surface area contributed by atoms with Crippen LogP contribution in [0.5, 0.6) is 5.75 Å². The third-order valence-corrected chi connectivity index (χ3v) is 4.42. The van der Waals surface area contributed by atoms with Gasteiger partial charge in [0.2, 0.25) is 5.91 Å². The van der Waals surface area contributed by atoms with Crippen molar-refractivity contribution >= 4 is 34.2 Å². The van der Waals surface area contributed by atoms with Crippen molar-refractivity contribution in [2.24, 2.45) is 4.99 Å². The summed E-state index contributed by atoms with van der Waals surface area (Å²) in [6, 6.07) is 4.32. The lowest BCUT2D eigenvalue weighted by molar-refractivity contribution is -0.384. The number of thioether (sulfide) groups is 1. The number of fused-ring (bicyclic) bond motifs is 1. The number of amidine groups is 1. The van der Waals surface area contributed by atoms with Crippen molar-refractivity contribution in [3.05, 3.63) is 39.4 Å². The lowest BCUT2D eigenvalue weighted by Gasteiger charge is -2.16. The molecule has 1 amide bonds. The number of amides is 1. The lowest BCUT2D eigenvalue weighted by Crippen LogP contribution is -2.24. The Hall–Kier alpha value is -2.55. The number of anilines is 1. The van der Waals surface area contributed by atoms with Crippen LogP contribution in [0.25, 0.3) is 0 Å². The number of rotatable bonds is 5. The van der Waals surface area contributed by atoms with E-state index in [-0.39, 0.29) is 23.7 Å². The molecular formula is C14H14N4O4S. The fourth-order valence-electron chi connectivity index (χ4n) is 2.37. The van der Waals surface area contributed by atoms with Gasteiger partial charge >= 0.3 is 0 Å². The second-order valence-corrected chi connectivity index (χ2v) is 5.74. The molecule has 120 valence electrons. The van der Waals surface area contributed by atoms with E-state index in [1.807, 2.05) is 10.3 Å². The molecule has 1 N–H and O–H groups in total.